The molecule has 0 saturated carbocycles. The number of carbonyl (C=O) groups excluding carboxylic acids is 1. The van der Waals surface area contributed by atoms with E-state index in [2.05, 4.69) is 15.5 Å². The number of hydrogen-bond donors (Lipinski definition) is 1. The van der Waals surface area contributed by atoms with Crippen molar-refractivity contribution >= 4 is 23.4 Å². The maximum atomic E-state index is 12.3. The number of aromatic nitrogens is 4. The summed E-state index contributed by atoms with van der Waals surface area (Å²) in [7, 11) is 3.11. The number of nitrogens with zero attached hydrogens (tertiary/aromatic N) is 4. The van der Waals surface area contributed by atoms with Crippen molar-refractivity contribution in [2.75, 3.05) is 25.3 Å². The van der Waals surface area contributed by atoms with Crippen LogP contribution >= 0.6 is 11.8 Å². The zero-order valence-electron chi connectivity index (χ0n) is 13.7. The number of amides is 1. The molecule has 0 aliphatic rings. The Balaban J connectivity index is 1.66. The number of carbonyl (C=O) groups is 1. The summed E-state index contributed by atoms with van der Waals surface area (Å²) in [6.45, 7) is 0. The monoisotopic (exact) mass is 359 g/mol. The number of thioether (sulfide) groups is 1. The van der Waals surface area contributed by atoms with E-state index in [1.165, 1.54) is 11.8 Å². The van der Waals surface area contributed by atoms with E-state index in [-0.39, 0.29) is 11.7 Å². The van der Waals surface area contributed by atoms with Gasteiger partial charge in [-0.2, -0.15) is 0 Å². The molecule has 3 rings (SSSR count). The molecule has 0 fully saturated rings. The third-order valence-corrected chi connectivity index (χ3v) is 4.28. The predicted octanol–water partition coefficient (Wildman–Crippen LogP) is 2.14. The van der Waals surface area contributed by atoms with Gasteiger partial charge in [0.2, 0.25) is 11.1 Å². The minimum Gasteiger partial charge on any atom is -0.497 e. The van der Waals surface area contributed by atoms with Gasteiger partial charge in [-0.25, -0.2) is 4.68 Å². The lowest BCUT2D eigenvalue weighted by molar-refractivity contribution is -0.113. The second-order valence-corrected chi connectivity index (χ2v) is 5.87. The van der Waals surface area contributed by atoms with Crippen LogP contribution in [0.15, 0.2) is 54.2 Å². The predicted molar refractivity (Wildman–Crippen MR) is 94.1 cm³/mol. The standard InChI is InChI=1S/C16H17N5O3S/c1-23-12-5-6-14(24-2)13(9-12)18-15(22)10-25-16-19-17-11-21(16)20-7-3-4-8-20/h3-9,11H,10H2,1-2H3,(H,18,22). The SMILES string of the molecule is COc1ccc(OC)c(NC(=O)CSc2nncn2-n2cccc2)c1. The van der Waals surface area contributed by atoms with Crippen LogP contribution in [0.3, 0.4) is 0 Å². The first-order valence-electron chi connectivity index (χ1n) is 7.39. The summed E-state index contributed by atoms with van der Waals surface area (Å²) >= 11 is 1.29. The Kier molecular flexibility index (Phi) is 5.24. The average molecular weight is 359 g/mol. The first kappa shape index (κ1) is 16.9. The third-order valence-electron chi connectivity index (χ3n) is 3.35. The molecule has 8 nitrogen and oxygen atoms in total. The average Bonchev–Trinajstić information content (AvgIpc) is 3.30. The molecule has 2 heterocycles. The van der Waals surface area contributed by atoms with Gasteiger partial charge in [0.15, 0.2) is 0 Å². The molecule has 2 aromatic heterocycles. The second kappa shape index (κ2) is 7.75. The number of methoxy groups -OCH3 is 2. The molecule has 1 amide bonds. The number of anilines is 1. The van der Waals surface area contributed by atoms with Crippen molar-refractivity contribution in [2.45, 2.75) is 5.16 Å². The minimum atomic E-state index is -0.182. The lowest BCUT2D eigenvalue weighted by atomic mass is 10.2. The van der Waals surface area contributed by atoms with Crippen molar-refractivity contribution in [3.63, 3.8) is 0 Å². The molecule has 0 atom stereocenters. The topological polar surface area (TPSA) is 83.2 Å². The summed E-state index contributed by atoms with van der Waals surface area (Å²) < 4.78 is 14.0. The van der Waals surface area contributed by atoms with Crippen LogP contribution in [-0.4, -0.2) is 45.4 Å². The van der Waals surface area contributed by atoms with E-state index >= 15 is 0 Å². The van der Waals surface area contributed by atoms with Crippen molar-refractivity contribution in [1.82, 2.24) is 19.5 Å². The summed E-state index contributed by atoms with van der Waals surface area (Å²) in [6, 6.07) is 9.02. The highest BCUT2D eigenvalue weighted by Gasteiger charge is 2.12. The fraction of sp³-hybridized carbons (Fsp3) is 0.188. The van der Waals surface area contributed by atoms with Crippen LogP contribution in [0.2, 0.25) is 0 Å². The second-order valence-electron chi connectivity index (χ2n) is 4.92. The van der Waals surface area contributed by atoms with Gasteiger partial charge in [0, 0.05) is 18.5 Å². The molecule has 0 bridgehead atoms. The van der Waals surface area contributed by atoms with Gasteiger partial charge < -0.3 is 14.8 Å². The zero-order valence-corrected chi connectivity index (χ0v) is 14.6. The first-order chi connectivity index (χ1) is 12.2. The van der Waals surface area contributed by atoms with Crippen LogP contribution in [0, 0.1) is 0 Å². The van der Waals surface area contributed by atoms with E-state index in [9.17, 15) is 4.79 Å². The third kappa shape index (κ3) is 3.94. The van der Waals surface area contributed by atoms with Gasteiger partial charge in [0.1, 0.15) is 17.8 Å². The van der Waals surface area contributed by atoms with Gasteiger partial charge in [0.25, 0.3) is 0 Å². The summed E-state index contributed by atoms with van der Waals surface area (Å²) in [5, 5.41) is 11.4. The van der Waals surface area contributed by atoms with Crippen molar-refractivity contribution in [1.29, 1.82) is 0 Å². The summed E-state index contributed by atoms with van der Waals surface area (Å²) in [5.74, 6) is 1.20. The largest absolute Gasteiger partial charge is 0.497 e. The van der Waals surface area contributed by atoms with Crippen molar-refractivity contribution < 1.29 is 14.3 Å². The molecule has 9 heteroatoms. The fourth-order valence-electron chi connectivity index (χ4n) is 2.17. The van der Waals surface area contributed by atoms with Crippen LogP contribution in [0.25, 0.3) is 0 Å². The molecule has 0 saturated heterocycles. The Morgan fingerprint density at radius 2 is 2.04 bits per heavy atom. The smallest absolute Gasteiger partial charge is 0.234 e. The normalized spacial score (nSPS) is 10.5. The molecule has 130 valence electrons. The number of rotatable bonds is 7. The van der Waals surface area contributed by atoms with Gasteiger partial charge in [-0.05, 0) is 24.3 Å². The Morgan fingerprint density at radius 1 is 1.24 bits per heavy atom. The molecule has 3 aromatic rings. The molecule has 0 aliphatic heterocycles. The highest BCUT2D eigenvalue weighted by molar-refractivity contribution is 7.99. The number of hydrogen-bond acceptors (Lipinski definition) is 6. The quantitative estimate of drug-likeness (QED) is 0.651. The van der Waals surface area contributed by atoms with Crippen LogP contribution < -0.4 is 14.8 Å². The van der Waals surface area contributed by atoms with Crippen molar-refractivity contribution in [2.24, 2.45) is 0 Å². The van der Waals surface area contributed by atoms with Crippen LogP contribution in [0.5, 0.6) is 11.5 Å². The van der Waals surface area contributed by atoms with Gasteiger partial charge in [-0.1, -0.05) is 11.8 Å². The molecular weight excluding hydrogens is 342 g/mol. The molecule has 0 spiro atoms. The molecule has 25 heavy (non-hydrogen) atoms. The maximum Gasteiger partial charge on any atom is 0.234 e. The highest BCUT2D eigenvalue weighted by Crippen LogP contribution is 2.29. The summed E-state index contributed by atoms with van der Waals surface area (Å²) in [4.78, 5) is 12.3. The molecule has 0 radical (unpaired) electrons. The fourth-order valence-corrected chi connectivity index (χ4v) is 2.88. The molecule has 1 N–H and O–H groups in total. The van der Waals surface area contributed by atoms with E-state index in [1.54, 1.807) is 43.4 Å². The van der Waals surface area contributed by atoms with E-state index in [1.807, 2.05) is 29.2 Å². The van der Waals surface area contributed by atoms with E-state index < -0.39 is 0 Å². The number of benzene rings is 1. The highest BCUT2D eigenvalue weighted by atomic mass is 32.2. The van der Waals surface area contributed by atoms with Crippen LogP contribution in [0.4, 0.5) is 5.69 Å². The Bertz CT molecular complexity index is 847. The number of nitrogens with one attached hydrogen (secondary N) is 1. The van der Waals surface area contributed by atoms with E-state index in [4.69, 9.17) is 9.47 Å². The Morgan fingerprint density at radius 3 is 2.76 bits per heavy atom. The van der Waals surface area contributed by atoms with E-state index in [0.29, 0.717) is 22.3 Å². The molecular formula is C16H17N5O3S. The van der Waals surface area contributed by atoms with Crippen molar-refractivity contribution in [3.05, 3.63) is 49.1 Å². The van der Waals surface area contributed by atoms with Crippen LogP contribution in [-0.2, 0) is 4.79 Å². The lowest BCUT2D eigenvalue weighted by Gasteiger charge is -2.12. The van der Waals surface area contributed by atoms with Gasteiger partial charge in [0.05, 0.1) is 25.7 Å². The molecule has 0 aliphatic carbocycles. The first-order valence-corrected chi connectivity index (χ1v) is 8.38. The zero-order chi connectivity index (χ0) is 17.6. The van der Waals surface area contributed by atoms with Gasteiger partial charge in [-0.15, -0.1) is 10.2 Å². The summed E-state index contributed by atoms with van der Waals surface area (Å²) in [6.07, 6.45) is 5.33. The molecule has 0 unspecified atom stereocenters. The van der Waals surface area contributed by atoms with Crippen molar-refractivity contribution in [3.8, 4) is 11.5 Å². The Hall–Kier alpha value is -2.94. The Labute approximate surface area is 148 Å². The van der Waals surface area contributed by atoms with E-state index in [0.717, 1.165) is 0 Å². The van der Waals surface area contributed by atoms with Gasteiger partial charge >= 0.3 is 0 Å². The van der Waals surface area contributed by atoms with Crippen LogP contribution in [0.1, 0.15) is 0 Å². The minimum absolute atomic E-state index is 0.181. The number of ether oxygens (including phenoxy) is 2. The molecule has 1 aromatic carbocycles. The maximum absolute atomic E-state index is 12.3. The van der Waals surface area contributed by atoms with Gasteiger partial charge in [-0.3, -0.25) is 9.47 Å². The lowest BCUT2D eigenvalue weighted by Crippen LogP contribution is -2.16. The summed E-state index contributed by atoms with van der Waals surface area (Å²) in [5.41, 5.74) is 0.555.